The van der Waals surface area contributed by atoms with Crippen LogP contribution in [-0.4, -0.2) is 47.3 Å². The first-order valence-corrected chi connectivity index (χ1v) is 15.8. The average Bonchev–Trinajstić information content (AvgIpc) is 3.35. The van der Waals surface area contributed by atoms with Crippen LogP contribution in [0, 0.1) is 35.5 Å². The van der Waals surface area contributed by atoms with Crippen LogP contribution in [-0.2, 0) is 25.7 Å². The van der Waals surface area contributed by atoms with Crippen LogP contribution in [0.2, 0.25) is 0 Å². The van der Waals surface area contributed by atoms with Gasteiger partial charge in [0.2, 0.25) is 17.7 Å². The Kier molecular flexibility index (Phi) is 8.38. The van der Waals surface area contributed by atoms with Crippen LogP contribution >= 0.6 is 0 Å². The monoisotopic (exact) mass is 595 g/mol. The number of aromatic amines is 1. The summed E-state index contributed by atoms with van der Waals surface area (Å²) in [5.41, 5.74) is 2.10. The van der Waals surface area contributed by atoms with Gasteiger partial charge in [-0.3, -0.25) is 24.1 Å². The van der Waals surface area contributed by atoms with Gasteiger partial charge in [-0.1, -0.05) is 48.5 Å². The van der Waals surface area contributed by atoms with Crippen molar-refractivity contribution in [2.45, 2.75) is 70.9 Å². The number of nitrogens with one attached hydrogen (secondary N) is 4. The van der Waals surface area contributed by atoms with Gasteiger partial charge in [-0.05, 0) is 86.8 Å². The molecule has 1 aromatic heterocycles. The Bertz CT molecular complexity index is 1540. The second kappa shape index (κ2) is 12.4. The molecule has 0 radical (unpaired) electrons. The Hall–Kier alpha value is -4.27. The van der Waals surface area contributed by atoms with E-state index in [4.69, 9.17) is 5.41 Å². The van der Waals surface area contributed by atoms with E-state index in [0.29, 0.717) is 23.6 Å². The predicted octanol–water partition coefficient (Wildman–Crippen LogP) is 4.83. The van der Waals surface area contributed by atoms with E-state index in [2.05, 4.69) is 15.6 Å². The molecule has 1 atom stereocenters. The predicted molar refractivity (Wildman–Crippen MR) is 169 cm³/mol. The smallest absolute Gasteiger partial charge is 0.248 e. The Morgan fingerprint density at radius 1 is 0.955 bits per heavy atom. The summed E-state index contributed by atoms with van der Waals surface area (Å²) in [7, 11) is 0. The summed E-state index contributed by atoms with van der Waals surface area (Å²) in [6, 6.07) is 16.1. The normalized spacial score (nSPS) is 24.1. The number of anilines is 1. The molecular formula is C35H41N5O4. The van der Waals surface area contributed by atoms with E-state index in [1.54, 1.807) is 0 Å². The molecule has 9 heteroatoms. The highest BCUT2D eigenvalue weighted by molar-refractivity contribution is 6.26. The van der Waals surface area contributed by atoms with E-state index in [9.17, 15) is 19.2 Å². The molecule has 4 fully saturated rings. The number of benzene rings is 2. The molecule has 44 heavy (non-hydrogen) atoms. The third-order valence-corrected chi connectivity index (χ3v) is 10.1. The minimum Gasteiger partial charge on any atom is -0.350 e. The van der Waals surface area contributed by atoms with Gasteiger partial charge in [0.1, 0.15) is 11.9 Å². The number of Topliss-reactive ketones (excluding diaryl/α,β-unsaturated/α-hetero) is 1. The number of aryl methyl sites for hydroxylation is 1. The summed E-state index contributed by atoms with van der Waals surface area (Å²) in [5, 5.41) is 14.2. The zero-order chi connectivity index (χ0) is 30.8. The second-order valence-corrected chi connectivity index (χ2v) is 13.2. The highest BCUT2D eigenvalue weighted by Gasteiger charge is 2.54. The van der Waals surface area contributed by atoms with Crippen LogP contribution in [0.5, 0.6) is 0 Å². The Balaban J connectivity index is 1.28. The van der Waals surface area contributed by atoms with Gasteiger partial charge >= 0.3 is 0 Å². The molecule has 0 unspecified atom stereocenters. The van der Waals surface area contributed by atoms with E-state index >= 15 is 0 Å². The van der Waals surface area contributed by atoms with E-state index in [1.165, 1.54) is 24.2 Å². The van der Waals surface area contributed by atoms with Crippen molar-refractivity contribution < 1.29 is 19.2 Å². The van der Waals surface area contributed by atoms with Crippen LogP contribution in [0.1, 0.15) is 62.5 Å². The number of carbonyl (C=O) groups is 4. The number of ketones is 1. The third kappa shape index (κ3) is 5.92. The Labute approximate surface area is 257 Å². The number of fused-ring (bicyclic) bond motifs is 1. The largest absolute Gasteiger partial charge is 0.350 e. The van der Waals surface area contributed by atoms with E-state index in [-0.39, 0.29) is 31.8 Å². The number of carbonyl (C=O) groups excluding carboxylic acids is 4. The van der Waals surface area contributed by atoms with Gasteiger partial charge in [0.05, 0.1) is 12.8 Å². The van der Waals surface area contributed by atoms with Crippen molar-refractivity contribution in [1.82, 2.24) is 15.6 Å². The first-order chi connectivity index (χ1) is 21.3. The molecule has 3 aromatic rings. The lowest BCUT2D eigenvalue weighted by Crippen LogP contribution is -2.56. The number of nitrogens with zero attached hydrogens (tertiary/aromatic N) is 1. The van der Waals surface area contributed by atoms with Gasteiger partial charge in [0, 0.05) is 29.3 Å². The molecule has 3 amide bonds. The van der Waals surface area contributed by atoms with Gasteiger partial charge in [-0.2, -0.15) is 0 Å². The van der Waals surface area contributed by atoms with Crippen molar-refractivity contribution in [2.24, 2.45) is 23.2 Å². The highest BCUT2D eigenvalue weighted by Crippen LogP contribution is 2.60. The molecule has 230 valence electrons. The van der Waals surface area contributed by atoms with Crippen LogP contribution in [0.3, 0.4) is 0 Å². The summed E-state index contributed by atoms with van der Waals surface area (Å²) < 4.78 is 0. The quantitative estimate of drug-likeness (QED) is 0.223. The van der Waals surface area contributed by atoms with E-state index in [1.807, 2.05) is 61.5 Å². The van der Waals surface area contributed by atoms with Crippen LogP contribution in [0.15, 0.2) is 54.6 Å². The maximum atomic E-state index is 14.2. The SMILES string of the molecule is Cc1c(N(C(=O)CNC(=O)C23CC4CC(CC(C4)C2)C3)[C@@H](CCC(=O)C=N)C(=O)NCc2ccccc2)[nH]c2ccccc12. The molecule has 1 heterocycles. The van der Waals surface area contributed by atoms with Crippen LogP contribution < -0.4 is 15.5 Å². The first kappa shape index (κ1) is 29.8. The summed E-state index contributed by atoms with van der Waals surface area (Å²) in [6.45, 7) is 1.89. The molecule has 4 saturated carbocycles. The second-order valence-electron chi connectivity index (χ2n) is 13.2. The fourth-order valence-corrected chi connectivity index (χ4v) is 8.41. The van der Waals surface area contributed by atoms with E-state index in [0.717, 1.165) is 47.5 Å². The van der Waals surface area contributed by atoms with Crippen LogP contribution in [0.4, 0.5) is 5.82 Å². The number of para-hydroxylation sites is 1. The minimum atomic E-state index is -1.04. The zero-order valence-electron chi connectivity index (χ0n) is 25.2. The molecule has 4 aliphatic rings. The van der Waals surface area contributed by atoms with Gasteiger partial charge in [-0.25, -0.2) is 0 Å². The number of H-pyrrole nitrogens is 1. The first-order valence-electron chi connectivity index (χ1n) is 15.8. The van der Waals surface area contributed by atoms with Crippen molar-refractivity contribution >= 4 is 46.4 Å². The summed E-state index contributed by atoms with van der Waals surface area (Å²) >= 11 is 0. The van der Waals surface area contributed by atoms with Gasteiger partial charge < -0.3 is 21.0 Å². The van der Waals surface area contributed by atoms with Crippen molar-refractivity contribution in [2.75, 3.05) is 11.4 Å². The zero-order valence-corrected chi connectivity index (χ0v) is 25.2. The van der Waals surface area contributed by atoms with Gasteiger partial charge in [0.25, 0.3) is 0 Å². The number of hydrogen-bond donors (Lipinski definition) is 4. The Morgan fingerprint density at radius 2 is 1.59 bits per heavy atom. The van der Waals surface area contributed by atoms with Crippen molar-refractivity contribution in [3.63, 3.8) is 0 Å². The molecule has 7 rings (SSSR count). The molecule has 0 aliphatic heterocycles. The lowest BCUT2D eigenvalue weighted by Gasteiger charge is -2.55. The third-order valence-electron chi connectivity index (χ3n) is 10.1. The number of rotatable bonds is 12. The molecule has 0 spiro atoms. The molecule has 9 nitrogen and oxygen atoms in total. The fourth-order valence-electron chi connectivity index (χ4n) is 8.41. The fraction of sp³-hybridized carbons (Fsp3) is 0.457. The molecule has 4 aliphatic carbocycles. The molecular weight excluding hydrogens is 554 g/mol. The minimum absolute atomic E-state index is 0.0261. The highest BCUT2D eigenvalue weighted by atomic mass is 16.2. The molecule has 0 saturated heterocycles. The maximum absolute atomic E-state index is 14.2. The summed E-state index contributed by atoms with van der Waals surface area (Å²) in [5.74, 6) is 0.920. The molecule has 4 N–H and O–H groups in total. The number of amides is 3. The van der Waals surface area contributed by atoms with Crippen molar-refractivity contribution in [3.8, 4) is 0 Å². The van der Waals surface area contributed by atoms with E-state index < -0.39 is 29.1 Å². The summed E-state index contributed by atoms with van der Waals surface area (Å²) in [4.78, 5) is 58.8. The van der Waals surface area contributed by atoms with Crippen molar-refractivity contribution in [1.29, 1.82) is 5.41 Å². The van der Waals surface area contributed by atoms with Crippen LogP contribution in [0.25, 0.3) is 10.9 Å². The molecule has 2 aromatic carbocycles. The number of hydrogen-bond acceptors (Lipinski definition) is 5. The lowest BCUT2D eigenvalue weighted by atomic mass is 9.49. The summed E-state index contributed by atoms with van der Waals surface area (Å²) in [6.07, 6.45) is 7.01. The maximum Gasteiger partial charge on any atom is 0.248 e. The van der Waals surface area contributed by atoms with Gasteiger partial charge in [0.15, 0.2) is 5.78 Å². The lowest BCUT2D eigenvalue weighted by molar-refractivity contribution is -0.147. The molecule has 4 bridgehead atoms. The number of aromatic nitrogens is 1. The average molecular weight is 596 g/mol. The van der Waals surface area contributed by atoms with Crippen molar-refractivity contribution in [3.05, 3.63) is 65.7 Å². The standard InChI is InChI=1S/C35H41N5O4/c1-22-28-9-5-6-10-29(28)39-32(22)40(30(12-11-27(41)19-36)33(43)37-20-23-7-3-2-4-8-23)31(42)21-38-34(44)35-16-24-13-25(17-35)15-26(14-24)18-35/h2-10,19,24-26,30,36,39H,11-18,20-21H2,1H3,(H,37,43)(H,38,44)/t24?,25?,26?,30-,35?/m0/s1. The van der Waals surface area contributed by atoms with Gasteiger partial charge in [-0.15, -0.1) is 0 Å². The Morgan fingerprint density at radius 3 is 2.23 bits per heavy atom. The topological polar surface area (TPSA) is 135 Å².